The summed E-state index contributed by atoms with van der Waals surface area (Å²) >= 11 is 0. The first-order valence-corrected chi connectivity index (χ1v) is 8.18. The molecule has 0 aromatic rings. The summed E-state index contributed by atoms with van der Waals surface area (Å²) in [6.45, 7) is 2.90. The van der Waals surface area contributed by atoms with Gasteiger partial charge in [0.25, 0.3) is 0 Å². The fraction of sp³-hybridized carbons (Fsp3) is 1.00. The zero-order chi connectivity index (χ0) is 12.1. The third kappa shape index (κ3) is 1.84. The summed E-state index contributed by atoms with van der Waals surface area (Å²) < 4.78 is 0. The number of hydrogen-bond acceptors (Lipinski definition) is 2. The highest BCUT2D eigenvalue weighted by molar-refractivity contribution is 5.02. The first kappa shape index (κ1) is 11.7. The van der Waals surface area contributed by atoms with Crippen LogP contribution in [-0.4, -0.2) is 35.7 Å². The van der Waals surface area contributed by atoms with E-state index in [0.29, 0.717) is 12.5 Å². The maximum absolute atomic E-state index is 9.43. The van der Waals surface area contributed by atoms with Crippen LogP contribution in [0.1, 0.15) is 44.9 Å². The van der Waals surface area contributed by atoms with Gasteiger partial charge in [-0.15, -0.1) is 0 Å². The van der Waals surface area contributed by atoms with E-state index < -0.39 is 0 Å². The average Bonchev–Trinajstić information content (AvgIpc) is 2.38. The van der Waals surface area contributed by atoms with E-state index >= 15 is 0 Å². The fourth-order valence-electron chi connectivity index (χ4n) is 6.01. The number of hydrogen-bond donors (Lipinski definition) is 1. The summed E-state index contributed by atoms with van der Waals surface area (Å²) in [5, 5.41) is 9.43. The Bertz CT molecular complexity index is 288. The Morgan fingerprint density at radius 1 is 0.944 bits per heavy atom. The standard InChI is InChI=1S/C16H27NO/c18-10-11-2-1-3-17(9-11)16-14-5-12-4-13(7-14)8-15(16)6-12/h11-16,18H,1-10H2. The first-order chi connectivity index (χ1) is 8.83. The molecule has 1 atom stereocenters. The van der Waals surface area contributed by atoms with E-state index in [-0.39, 0.29) is 0 Å². The molecule has 1 N–H and O–H groups in total. The number of rotatable bonds is 2. The van der Waals surface area contributed by atoms with Crippen molar-refractivity contribution in [3.63, 3.8) is 0 Å². The second kappa shape index (κ2) is 4.49. The van der Waals surface area contributed by atoms with Crippen LogP contribution in [0.15, 0.2) is 0 Å². The molecule has 2 nitrogen and oxygen atoms in total. The molecule has 2 heteroatoms. The molecule has 1 heterocycles. The van der Waals surface area contributed by atoms with Gasteiger partial charge in [-0.25, -0.2) is 0 Å². The third-order valence-electron chi connectivity index (χ3n) is 6.41. The van der Waals surface area contributed by atoms with Crippen LogP contribution < -0.4 is 0 Å². The molecule has 0 radical (unpaired) electrons. The predicted molar refractivity (Wildman–Crippen MR) is 72.2 cm³/mol. The Balaban J connectivity index is 1.50. The van der Waals surface area contributed by atoms with Crippen molar-refractivity contribution in [2.75, 3.05) is 19.7 Å². The van der Waals surface area contributed by atoms with Gasteiger partial charge in [-0.05, 0) is 81.1 Å². The van der Waals surface area contributed by atoms with Gasteiger partial charge in [0, 0.05) is 19.2 Å². The smallest absolute Gasteiger partial charge is 0.0471 e. The normalized spacial score (nSPS) is 51.8. The number of aliphatic hydroxyl groups is 1. The molecule has 4 bridgehead atoms. The lowest BCUT2D eigenvalue weighted by Crippen LogP contribution is -2.58. The molecule has 0 spiro atoms. The second-order valence-corrected chi connectivity index (χ2v) is 7.61. The van der Waals surface area contributed by atoms with Crippen molar-refractivity contribution in [3.8, 4) is 0 Å². The Kier molecular flexibility index (Phi) is 2.92. The lowest BCUT2D eigenvalue weighted by molar-refractivity contribution is -0.0783. The van der Waals surface area contributed by atoms with E-state index in [1.54, 1.807) is 6.42 Å². The Hall–Kier alpha value is -0.0800. The molecule has 1 unspecified atom stereocenters. The van der Waals surface area contributed by atoms with Gasteiger partial charge in [0.1, 0.15) is 0 Å². The van der Waals surface area contributed by atoms with E-state index in [0.717, 1.165) is 29.7 Å². The van der Waals surface area contributed by atoms with E-state index in [2.05, 4.69) is 4.90 Å². The fourth-order valence-corrected chi connectivity index (χ4v) is 6.01. The SMILES string of the molecule is OCC1CCCN(C2C3CC4CC(C3)CC2C4)C1. The van der Waals surface area contributed by atoms with Crippen LogP contribution in [0.3, 0.4) is 0 Å². The molecule has 1 aliphatic heterocycles. The number of piperidine rings is 1. The molecule has 1 saturated heterocycles. The molecule has 4 aliphatic carbocycles. The Labute approximate surface area is 111 Å². The van der Waals surface area contributed by atoms with E-state index in [9.17, 15) is 5.11 Å². The van der Waals surface area contributed by atoms with Crippen LogP contribution in [0.2, 0.25) is 0 Å². The predicted octanol–water partition coefficient (Wildman–Crippen LogP) is 2.52. The topological polar surface area (TPSA) is 23.5 Å². The molecule has 18 heavy (non-hydrogen) atoms. The zero-order valence-corrected chi connectivity index (χ0v) is 11.4. The van der Waals surface area contributed by atoms with Crippen molar-refractivity contribution in [2.45, 2.75) is 51.0 Å². The molecule has 5 fully saturated rings. The maximum atomic E-state index is 9.43. The minimum absolute atomic E-state index is 0.407. The monoisotopic (exact) mass is 249 g/mol. The molecular formula is C16H27NO. The highest BCUT2D eigenvalue weighted by atomic mass is 16.3. The van der Waals surface area contributed by atoms with E-state index in [1.807, 2.05) is 0 Å². The van der Waals surface area contributed by atoms with Crippen molar-refractivity contribution in [2.24, 2.45) is 29.6 Å². The van der Waals surface area contributed by atoms with Crippen LogP contribution in [0.5, 0.6) is 0 Å². The summed E-state index contributed by atoms with van der Waals surface area (Å²) in [7, 11) is 0. The average molecular weight is 249 g/mol. The number of aliphatic hydroxyl groups excluding tert-OH is 1. The molecule has 4 saturated carbocycles. The van der Waals surface area contributed by atoms with Gasteiger partial charge < -0.3 is 5.11 Å². The Morgan fingerprint density at radius 3 is 2.22 bits per heavy atom. The molecule has 5 aliphatic rings. The van der Waals surface area contributed by atoms with Gasteiger partial charge in [-0.3, -0.25) is 4.90 Å². The lowest BCUT2D eigenvalue weighted by Gasteiger charge is -2.58. The van der Waals surface area contributed by atoms with Crippen LogP contribution in [0.25, 0.3) is 0 Å². The lowest BCUT2D eigenvalue weighted by atomic mass is 9.53. The van der Waals surface area contributed by atoms with Crippen molar-refractivity contribution in [3.05, 3.63) is 0 Å². The van der Waals surface area contributed by atoms with Crippen LogP contribution in [0.4, 0.5) is 0 Å². The first-order valence-electron chi connectivity index (χ1n) is 8.18. The molecule has 0 aromatic carbocycles. The number of nitrogens with zero attached hydrogens (tertiary/aromatic N) is 1. The van der Waals surface area contributed by atoms with Crippen LogP contribution in [0, 0.1) is 29.6 Å². The van der Waals surface area contributed by atoms with Gasteiger partial charge in [-0.2, -0.15) is 0 Å². The zero-order valence-electron chi connectivity index (χ0n) is 11.4. The largest absolute Gasteiger partial charge is 0.396 e. The van der Waals surface area contributed by atoms with Crippen molar-refractivity contribution in [1.82, 2.24) is 4.90 Å². The summed E-state index contributed by atoms with van der Waals surface area (Å²) in [5.41, 5.74) is 0. The summed E-state index contributed by atoms with van der Waals surface area (Å²) in [5.74, 6) is 4.76. The minimum atomic E-state index is 0.407. The van der Waals surface area contributed by atoms with Gasteiger partial charge in [0.05, 0.1) is 0 Å². The van der Waals surface area contributed by atoms with Gasteiger partial charge >= 0.3 is 0 Å². The van der Waals surface area contributed by atoms with Crippen LogP contribution in [-0.2, 0) is 0 Å². The van der Waals surface area contributed by atoms with E-state index in [4.69, 9.17) is 0 Å². The van der Waals surface area contributed by atoms with Crippen molar-refractivity contribution < 1.29 is 5.11 Å². The molecular weight excluding hydrogens is 222 g/mol. The summed E-state index contributed by atoms with van der Waals surface area (Å²) in [6.07, 6.45) is 10.2. The molecule has 0 amide bonds. The van der Waals surface area contributed by atoms with Gasteiger partial charge in [0.2, 0.25) is 0 Å². The maximum Gasteiger partial charge on any atom is 0.0471 e. The Morgan fingerprint density at radius 2 is 1.61 bits per heavy atom. The quantitative estimate of drug-likeness (QED) is 0.813. The van der Waals surface area contributed by atoms with Gasteiger partial charge in [0.15, 0.2) is 0 Å². The molecule has 102 valence electrons. The highest BCUT2D eigenvalue weighted by Crippen LogP contribution is 2.55. The minimum Gasteiger partial charge on any atom is -0.396 e. The second-order valence-electron chi connectivity index (χ2n) is 7.61. The number of likely N-dealkylation sites (tertiary alicyclic amines) is 1. The van der Waals surface area contributed by atoms with E-state index in [1.165, 1.54) is 51.6 Å². The van der Waals surface area contributed by atoms with Crippen LogP contribution >= 0.6 is 0 Å². The summed E-state index contributed by atoms with van der Waals surface area (Å²) in [6, 6.07) is 0.896. The summed E-state index contributed by atoms with van der Waals surface area (Å²) in [4.78, 5) is 2.79. The van der Waals surface area contributed by atoms with Gasteiger partial charge in [-0.1, -0.05) is 0 Å². The molecule has 0 aromatic heterocycles. The third-order valence-corrected chi connectivity index (χ3v) is 6.41. The molecule has 5 rings (SSSR count). The highest BCUT2D eigenvalue weighted by Gasteiger charge is 2.50. The van der Waals surface area contributed by atoms with Crippen molar-refractivity contribution in [1.29, 1.82) is 0 Å². The van der Waals surface area contributed by atoms with Crippen molar-refractivity contribution >= 4 is 0 Å².